The second kappa shape index (κ2) is 6.68. The summed E-state index contributed by atoms with van der Waals surface area (Å²) in [6, 6.07) is 20.4. The van der Waals surface area contributed by atoms with Crippen molar-refractivity contribution in [3.05, 3.63) is 84.2 Å². The number of anilines is 3. The quantitative estimate of drug-likeness (QED) is 0.502. The molecule has 4 rings (SSSR count). The average molecular weight is 346 g/mol. The number of hydrogen-bond acceptors (Lipinski definition) is 3. The Balaban J connectivity index is 1.50. The number of aromatic nitrogens is 2. The lowest BCUT2D eigenvalue weighted by atomic mass is 10.2. The standard InChI is InChI=1S/C20H15FN4O/c21-14-10-8-13(9-11-14)19(26)22-15-4-3-5-16(12-15)23-20-24-17-6-1-2-7-18(17)25-20/h1-12H,(H,22,26)(H2,23,24,25). The number of amides is 1. The maximum atomic E-state index is 13.0. The normalized spacial score (nSPS) is 10.7. The van der Waals surface area contributed by atoms with Crippen LogP contribution in [0.3, 0.4) is 0 Å². The molecule has 0 spiro atoms. The molecule has 1 amide bonds. The highest BCUT2D eigenvalue weighted by Crippen LogP contribution is 2.21. The molecule has 6 heteroatoms. The van der Waals surface area contributed by atoms with Crippen molar-refractivity contribution >= 4 is 34.3 Å². The number of hydrogen-bond donors (Lipinski definition) is 3. The molecule has 26 heavy (non-hydrogen) atoms. The lowest BCUT2D eigenvalue weighted by molar-refractivity contribution is 0.102. The Kier molecular flexibility index (Phi) is 4.07. The summed E-state index contributed by atoms with van der Waals surface area (Å²) in [5.41, 5.74) is 3.61. The van der Waals surface area contributed by atoms with Gasteiger partial charge in [-0.3, -0.25) is 4.79 Å². The molecule has 0 bridgehead atoms. The maximum absolute atomic E-state index is 13.0. The van der Waals surface area contributed by atoms with Crippen LogP contribution < -0.4 is 10.6 Å². The van der Waals surface area contributed by atoms with E-state index in [0.29, 0.717) is 17.2 Å². The number of nitrogens with one attached hydrogen (secondary N) is 3. The Hall–Kier alpha value is -3.67. The molecule has 0 fully saturated rings. The molecule has 5 nitrogen and oxygen atoms in total. The summed E-state index contributed by atoms with van der Waals surface area (Å²) in [6.45, 7) is 0. The summed E-state index contributed by atoms with van der Waals surface area (Å²) in [6.07, 6.45) is 0. The van der Waals surface area contributed by atoms with Crippen molar-refractivity contribution < 1.29 is 9.18 Å². The van der Waals surface area contributed by atoms with Crippen molar-refractivity contribution in [3.8, 4) is 0 Å². The van der Waals surface area contributed by atoms with Crippen molar-refractivity contribution in [1.82, 2.24) is 9.97 Å². The van der Waals surface area contributed by atoms with E-state index in [-0.39, 0.29) is 11.7 Å². The fourth-order valence-corrected chi connectivity index (χ4v) is 2.63. The Morgan fingerprint density at radius 1 is 0.923 bits per heavy atom. The largest absolute Gasteiger partial charge is 0.326 e. The molecular formula is C20H15FN4O. The molecule has 0 saturated heterocycles. The van der Waals surface area contributed by atoms with Crippen LogP contribution in [0.25, 0.3) is 11.0 Å². The van der Waals surface area contributed by atoms with Crippen molar-refractivity contribution in [2.75, 3.05) is 10.6 Å². The number of halogens is 1. The number of carbonyl (C=O) groups is 1. The monoisotopic (exact) mass is 346 g/mol. The molecule has 128 valence electrons. The van der Waals surface area contributed by atoms with Crippen LogP contribution >= 0.6 is 0 Å². The first-order valence-corrected chi connectivity index (χ1v) is 8.06. The van der Waals surface area contributed by atoms with Crippen LogP contribution in [0.1, 0.15) is 10.4 Å². The average Bonchev–Trinajstić information content (AvgIpc) is 3.04. The molecule has 1 heterocycles. The van der Waals surface area contributed by atoms with E-state index in [0.717, 1.165) is 16.7 Å². The summed E-state index contributed by atoms with van der Waals surface area (Å²) < 4.78 is 13.0. The predicted octanol–water partition coefficient (Wildman–Crippen LogP) is 4.70. The highest BCUT2D eigenvalue weighted by molar-refractivity contribution is 6.04. The van der Waals surface area contributed by atoms with Gasteiger partial charge < -0.3 is 15.6 Å². The highest BCUT2D eigenvalue weighted by Gasteiger charge is 2.07. The molecule has 0 saturated carbocycles. The van der Waals surface area contributed by atoms with Gasteiger partial charge in [0.05, 0.1) is 11.0 Å². The number of H-pyrrole nitrogens is 1. The molecule has 0 radical (unpaired) electrons. The SMILES string of the molecule is O=C(Nc1cccc(Nc2nc3ccccc3[nH]2)c1)c1ccc(F)cc1. The van der Waals surface area contributed by atoms with Gasteiger partial charge in [-0.25, -0.2) is 9.37 Å². The summed E-state index contributed by atoms with van der Waals surface area (Å²) >= 11 is 0. The van der Waals surface area contributed by atoms with Gasteiger partial charge in [0.2, 0.25) is 5.95 Å². The summed E-state index contributed by atoms with van der Waals surface area (Å²) in [7, 11) is 0. The zero-order valence-electron chi connectivity index (χ0n) is 13.7. The minimum absolute atomic E-state index is 0.300. The Morgan fingerprint density at radius 3 is 2.50 bits per heavy atom. The minimum atomic E-state index is -0.376. The first kappa shape index (κ1) is 15.8. The third-order valence-electron chi connectivity index (χ3n) is 3.88. The van der Waals surface area contributed by atoms with Gasteiger partial charge >= 0.3 is 0 Å². The number of para-hydroxylation sites is 2. The Bertz CT molecular complexity index is 1040. The number of carbonyl (C=O) groups excluding carboxylic acids is 1. The van der Waals surface area contributed by atoms with Gasteiger partial charge in [-0.05, 0) is 54.6 Å². The van der Waals surface area contributed by atoms with E-state index in [2.05, 4.69) is 20.6 Å². The van der Waals surface area contributed by atoms with Gasteiger partial charge in [-0.15, -0.1) is 0 Å². The smallest absolute Gasteiger partial charge is 0.255 e. The van der Waals surface area contributed by atoms with Gasteiger partial charge in [-0.1, -0.05) is 18.2 Å². The van der Waals surface area contributed by atoms with E-state index >= 15 is 0 Å². The molecule has 1 aromatic heterocycles. The number of imidazole rings is 1. The zero-order valence-corrected chi connectivity index (χ0v) is 13.7. The number of nitrogens with zero attached hydrogens (tertiary/aromatic N) is 1. The van der Waals surface area contributed by atoms with E-state index in [1.165, 1.54) is 24.3 Å². The van der Waals surface area contributed by atoms with Gasteiger partial charge in [0.15, 0.2) is 0 Å². The zero-order chi connectivity index (χ0) is 17.9. The van der Waals surface area contributed by atoms with Crippen LogP contribution in [0.2, 0.25) is 0 Å². The Morgan fingerprint density at radius 2 is 1.69 bits per heavy atom. The molecule has 0 aliphatic rings. The van der Waals surface area contributed by atoms with Crippen molar-refractivity contribution in [2.24, 2.45) is 0 Å². The fourth-order valence-electron chi connectivity index (χ4n) is 2.63. The van der Waals surface area contributed by atoms with Crippen LogP contribution in [0, 0.1) is 5.82 Å². The van der Waals surface area contributed by atoms with Crippen LogP contribution in [0.4, 0.5) is 21.7 Å². The maximum Gasteiger partial charge on any atom is 0.255 e. The number of aromatic amines is 1. The number of benzene rings is 3. The summed E-state index contributed by atoms with van der Waals surface area (Å²) in [5.74, 6) is -0.0577. The molecule has 3 N–H and O–H groups in total. The lowest BCUT2D eigenvalue weighted by Gasteiger charge is -2.08. The van der Waals surface area contributed by atoms with Crippen LogP contribution in [0.5, 0.6) is 0 Å². The van der Waals surface area contributed by atoms with E-state index in [1.807, 2.05) is 36.4 Å². The highest BCUT2D eigenvalue weighted by atomic mass is 19.1. The minimum Gasteiger partial charge on any atom is -0.326 e. The molecule has 0 aliphatic heterocycles. The van der Waals surface area contributed by atoms with Gasteiger partial charge in [0, 0.05) is 16.9 Å². The second-order valence-corrected chi connectivity index (χ2v) is 5.77. The first-order valence-electron chi connectivity index (χ1n) is 8.06. The van der Waals surface area contributed by atoms with Crippen molar-refractivity contribution in [3.63, 3.8) is 0 Å². The molecular weight excluding hydrogens is 331 g/mol. The van der Waals surface area contributed by atoms with Crippen LogP contribution in [-0.4, -0.2) is 15.9 Å². The summed E-state index contributed by atoms with van der Waals surface area (Å²) in [4.78, 5) is 19.9. The third kappa shape index (κ3) is 3.39. The predicted molar refractivity (Wildman–Crippen MR) is 100 cm³/mol. The van der Waals surface area contributed by atoms with Crippen LogP contribution in [0.15, 0.2) is 72.8 Å². The van der Waals surface area contributed by atoms with Crippen LogP contribution in [-0.2, 0) is 0 Å². The van der Waals surface area contributed by atoms with E-state index in [9.17, 15) is 9.18 Å². The van der Waals surface area contributed by atoms with Gasteiger partial charge in [0.1, 0.15) is 5.82 Å². The van der Waals surface area contributed by atoms with E-state index in [1.54, 1.807) is 12.1 Å². The lowest BCUT2D eigenvalue weighted by Crippen LogP contribution is -2.11. The van der Waals surface area contributed by atoms with Crippen molar-refractivity contribution in [2.45, 2.75) is 0 Å². The second-order valence-electron chi connectivity index (χ2n) is 5.77. The number of rotatable bonds is 4. The van der Waals surface area contributed by atoms with Crippen molar-refractivity contribution in [1.29, 1.82) is 0 Å². The van der Waals surface area contributed by atoms with Gasteiger partial charge in [0.25, 0.3) is 5.91 Å². The van der Waals surface area contributed by atoms with E-state index in [4.69, 9.17) is 0 Å². The van der Waals surface area contributed by atoms with E-state index < -0.39 is 0 Å². The topological polar surface area (TPSA) is 69.8 Å². The first-order chi connectivity index (χ1) is 12.7. The van der Waals surface area contributed by atoms with Gasteiger partial charge in [-0.2, -0.15) is 0 Å². The molecule has 4 aromatic rings. The molecule has 3 aromatic carbocycles. The Labute approximate surface area is 148 Å². The summed E-state index contributed by atoms with van der Waals surface area (Å²) in [5, 5.41) is 5.99. The molecule has 0 unspecified atom stereocenters. The molecule has 0 atom stereocenters. The fraction of sp³-hybridized carbons (Fsp3) is 0. The number of fused-ring (bicyclic) bond motifs is 1. The molecule has 0 aliphatic carbocycles. The third-order valence-corrected chi connectivity index (χ3v) is 3.88.